The number of hydrogen-bond acceptors (Lipinski definition) is 4. The zero-order valence-electron chi connectivity index (χ0n) is 12.5. The number of hydrogen-bond donors (Lipinski definition) is 2. The average Bonchev–Trinajstić information content (AvgIpc) is 2.46. The van der Waals surface area contributed by atoms with E-state index in [-0.39, 0.29) is 17.8 Å². The summed E-state index contributed by atoms with van der Waals surface area (Å²) in [5, 5.41) is 15.7. The number of carboxylic acid groups (broad SMARTS) is 1. The number of aromatic nitrogens is 2. The smallest absolute Gasteiger partial charge is 0.311 e. The van der Waals surface area contributed by atoms with Gasteiger partial charge in [0.1, 0.15) is 5.69 Å². The van der Waals surface area contributed by atoms with Crippen LogP contribution in [0.25, 0.3) is 0 Å². The molecule has 0 aliphatic heterocycles. The van der Waals surface area contributed by atoms with E-state index in [9.17, 15) is 14.4 Å². The highest BCUT2D eigenvalue weighted by Gasteiger charge is 2.31. The standard InChI is InChI=1S/C14H21N3O4/c1-4-8-17-11(18)7-6-10(16-17)12(19)15-9-14(3,5-2)13(20)21/h6-7H,4-5,8-9H2,1-3H3,(H,15,19)(H,20,21). The molecule has 21 heavy (non-hydrogen) atoms. The van der Waals surface area contributed by atoms with Crippen molar-refractivity contribution in [1.29, 1.82) is 0 Å². The van der Waals surface area contributed by atoms with Gasteiger partial charge in [0, 0.05) is 19.2 Å². The minimum atomic E-state index is -1.02. The molecule has 0 aliphatic rings. The van der Waals surface area contributed by atoms with Crippen LogP contribution in [-0.2, 0) is 11.3 Å². The van der Waals surface area contributed by atoms with Crippen LogP contribution in [0.5, 0.6) is 0 Å². The van der Waals surface area contributed by atoms with E-state index in [0.29, 0.717) is 13.0 Å². The zero-order valence-corrected chi connectivity index (χ0v) is 12.5. The number of aliphatic carboxylic acids is 1. The summed E-state index contributed by atoms with van der Waals surface area (Å²) in [6.45, 7) is 5.66. The molecule has 1 unspecified atom stereocenters. The summed E-state index contributed by atoms with van der Waals surface area (Å²) in [6.07, 6.45) is 1.12. The van der Waals surface area contributed by atoms with Crippen molar-refractivity contribution in [3.8, 4) is 0 Å². The lowest BCUT2D eigenvalue weighted by Crippen LogP contribution is -2.41. The third-order valence-electron chi connectivity index (χ3n) is 3.47. The van der Waals surface area contributed by atoms with Gasteiger partial charge in [-0.25, -0.2) is 4.68 Å². The van der Waals surface area contributed by atoms with Gasteiger partial charge in [0.2, 0.25) is 0 Å². The molecule has 116 valence electrons. The summed E-state index contributed by atoms with van der Waals surface area (Å²) in [5.74, 6) is -1.45. The van der Waals surface area contributed by atoms with Crippen LogP contribution >= 0.6 is 0 Å². The first kappa shape index (κ1) is 16.9. The first-order valence-corrected chi connectivity index (χ1v) is 6.93. The second kappa shape index (κ2) is 7.01. The number of rotatable bonds is 7. The molecule has 0 spiro atoms. The number of nitrogens with zero attached hydrogens (tertiary/aromatic N) is 2. The number of carboxylic acids is 1. The van der Waals surface area contributed by atoms with Gasteiger partial charge in [0.25, 0.3) is 11.5 Å². The van der Waals surface area contributed by atoms with Crippen LogP contribution in [0.4, 0.5) is 0 Å². The van der Waals surface area contributed by atoms with Gasteiger partial charge in [-0.2, -0.15) is 5.10 Å². The number of aryl methyl sites for hydroxylation is 1. The molecule has 0 saturated carbocycles. The second-order valence-corrected chi connectivity index (χ2v) is 5.18. The fourth-order valence-electron chi connectivity index (χ4n) is 1.66. The minimum absolute atomic E-state index is 0.00620. The van der Waals surface area contributed by atoms with Crippen molar-refractivity contribution < 1.29 is 14.7 Å². The van der Waals surface area contributed by atoms with Crippen molar-refractivity contribution in [2.45, 2.75) is 40.2 Å². The molecule has 7 heteroatoms. The Hall–Kier alpha value is -2.18. The van der Waals surface area contributed by atoms with Gasteiger partial charge >= 0.3 is 5.97 Å². The third-order valence-corrected chi connectivity index (χ3v) is 3.47. The molecule has 1 atom stereocenters. The van der Waals surface area contributed by atoms with E-state index in [2.05, 4.69) is 10.4 Å². The first-order chi connectivity index (χ1) is 9.84. The normalized spacial score (nSPS) is 13.5. The summed E-state index contributed by atoms with van der Waals surface area (Å²) < 4.78 is 1.23. The molecule has 1 heterocycles. The fraction of sp³-hybridized carbons (Fsp3) is 0.571. The summed E-state index contributed by atoms with van der Waals surface area (Å²) in [5.41, 5.74) is -1.18. The SMILES string of the molecule is CCCn1nc(C(=O)NCC(C)(CC)C(=O)O)ccc1=O. The highest BCUT2D eigenvalue weighted by Crippen LogP contribution is 2.19. The molecule has 0 saturated heterocycles. The van der Waals surface area contributed by atoms with Crippen molar-refractivity contribution >= 4 is 11.9 Å². The van der Waals surface area contributed by atoms with E-state index in [1.165, 1.54) is 16.8 Å². The lowest BCUT2D eigenvalue weighted by Gasteiger charge is -2.23. The Bertz CT molecular complexity index is 582. The maximum absolute atomic E-state index is 12.0. The van der Waals surface area contributed by atoms with Crippen LogP contribution in [0.3, 0.4) is 0 Å². The zero-order chi connectivity index (χ0) is 16.0. The number of nitrogens with one attached hydrogen (secondary N) is 1. The lowest BCUT2D eigenvalue weighted by atomic mass is 9.88. The van der Waals surface area contributed by atoms with E-state index >= 15 is 0 Å². The molecule has 0 aliphatic carbocycles. The Kier molecular flexibility index (Phi) is 5.63. The molecule has 0 aromatic carbocycles. The van der Waals surface area contributed by atoms with E-state index < -0.39 is 17.3 Å². The van der Waals surface area contributed by atoms with E-state index in [4.69, 9.17) is 5.11 Å². The van der Waals surface area contributed by atoms with Crippen LogP contribution in [0.2, 0.25) is 0 Å². The average molecular weight is 295 g/mol. The first-order valence-electron chi connectivity index (χ1n) is 6.93. The van der Waals surface area contributed by atoms with Crippen LogP contribution < -0.4 is 10.9 Å². The van der Waals surface area contributed by atoms with Gasteiger partial charge in [0.15, 0.2) is 0 Å². The van der Waals surface area contributed by atoms with Gasteiger partial charge in [0.05, 0.1) is 5.41 Å². The molecule has 1 aromatic rings. The summed E-state index contributed by atoms with van der Waals surface area (Å²) in [4.78, 5) is 34.7. The minimum Gasteiger partial charge on any atom is -0.481 e. The molecule has 1 amide bonds. The Morgan fingerprint density at radius 1 is 1.38 bits per heavy atom. The lowest BCUT2D eigenvalue weighted by molar-refractivity contribution is -0.147. The maximum Gasteiger partial charge on any atom is 0.311 e. The predicted octanol–water partition coefficient (Wildman–Crippen LogP) is 0.884. The maximum atomic E-state index is 12.0. The highest BCUT2D eigenvalue weighted by molar-refractivity contribution is 5.92. The number of carbonyl (C=O) groups is 2. The molecule has 0 radical (unpaired) electrons. The van der Waals surface area contributed by atoms with Crippen molar-refractivity contribution in [3.05, 3.63) is 28.2 Å². The number of amides is 1. The molecule has 0 fully saturated rings. The largest absolute Gasteiger partial charge is 0.481 e. The fourth-order valence-corrected chi connectivity index (χ4v) is 1.66. The number of carbonyl (C=O) groups excluding carboxylic acids is 1. The van der Waals surface area contributed by atoms with Crippen LogP contribution in [0, 0.1) is 5.41 Å². The summed E-state index contributed by atoms with van der Waals surface area (Å²) >= 11 is 0. The van der Waals surface area contributed by atoms with Gasteiger partial charge in [-0.1, -0.05) is 13.8 Å². The molecule has 7 nitrogen and oxygen atoms in total. The van der Waals surface area contributed by atoms with Crippen molar-refractivity contribution in [2.24, 2.45) is 5.41 Å². The van der Waals surface area contributed by atoms with Gasteiger partial charge < -0.3 is 10.4 Å². The van der Waals surface area contributed by atoms with Crippen molar-refractivity contribution in [2.75, 3.05) is 6.54 Å². The topological polar surface area (TPSA) is 101 Å². The summed E-state index contributed by atoms with van der Waals surface area (Å²) in [6, 6.07) is 2.63. The molecule has 1 aromatic heterocycles. The third kappa shape index (κ3) is 4.14. The van der Waals surface area contributed by atoms with E-state index in [1.807, 2.05) is 6.92 Å². The quantitative estimate of drug-likeness (QED) is 0.777. The van der Waals surface area contributed by atoms with Crippen LogP contribution in [0.1, 0.15) is 44.1 Å². The second-order valence-electron chi connectivity index (χ2n) is 5.18. The van der Waals surface area contributed by atoms with E-state index in [1.54, 1.807) is 13.8 Å². The molecule has 1 rings (SSSR count). The van der Waals surface area contributed by atoms with Crippen LogP contribution in [-0.4, -0.2) is 33.3 Å². The van der Waals surface area contributed by atoms with Crippen LogP contribution in [0.15, 0.2) is 16.9 Å². The highest BCUT2D eigenvalue weighted by atomic mass is 16.4. The Morgan fingerprint density at radius 2 is 2.05 bits per heavy atom. The monoisotopic (exact) mass is 295 g/mol. The molecule has 2 N–H and O–H groups in total. The Labute approximate surface area is 123 Å². The molecule has 0 bridgehead atoms. The Balaban J connectivity index is 2.83. The van der Waals surface area contributed by atoms with Crippen molar-refractivity contribution in [1.82, 2.24) is 15.1 Å². The predicted molar refractivity (Wildman–Crippen MR) is 77.2 cm³/mol. The Morgan fingerprint density at radius 3 is 2.57 bits per heavy atom. The van der Waals surface area contributed by atoms with Gasteiger partial charge in [-0.3, -0.25) is 14.4 Å². The van der Waals surface area contributed by atoms with E-state index in [0.717, 1.165) is 6.42 Å². The van der Waals surface area contributed by atoms with Gasteiger partial charge in [-0.05, 0) is 25.8 Å². The molecular weight excluding hydrogens is 274 g/mol. The molecular formula is C14H21N3O4. The van der Waals surface area contributed by atoms with Gasteiger partial charge in [-0.15, -0.1) is 0 Å². The van der Waals surface area contributed by atoms with Crippen molar-refractivity contribution in [3.63, 3.8) is 0 Å². The summed E-state index contributed by atoms with van der Waals surface area (Å²) in [7, 11) is 0.